The Hall–Kier alpha value is -1.26. The Labute approximate surface area is 124 Å². The molecule has 0 aromatic heterocycles. The van der Waals surface area contributed by atoms with Gasteiger partial charge in [-0.05, 0) is 38.5 Å². The lowest BCUT2D eigenvalue weighted by molar-refractivity contribution is 0.0574. The van der Waals surface area contributed by atoms with Crippen molar-refractivity contribution in [2.24, 2.45) is 0 Å². The van der Waals surface area contributed by atoms with Gasteiger partial charge in [-0.2, -0.15) is 0 Å². The lowest BCUT2D eigenvalue weighted by atomic mass is 9.77. The van der Waals surface area contributed by atoms with Crippen LogP contribution < -0.4 is 10.2 Å². The molecule has 108 valence electrons. The van der Waals surface area contributed by atoms with Crippen molar-refractivity contribution in [2.75, 3.05) is 24.5 Å². The Morgan fingerprint density at radius 2 is 2.10 bits per heavy atom. The molecule has 1 aromatic rings. The average molecular weight is 295 g/mol. The van der Waals surface area contributed by atoms with E-state index < -0.39 is 5.60 Å². The minimum atomic E-state index is -0.497. The quantitative estimate of drug-likeness (QED) is 0.800. The summed E-state index contributed by atoms with van der Waals surface area (Å²) in [5, 5.41) is 3.94. The summed E-state index contributed by atoms with van der Waals surface area (Å²) in [5.74, 6) is 0. The third-order valence-electron chi connectivity index (χ3n) is 3.82. The van der Waals surface area contributed by atoms with Crippen LogP contribution in [0.3, 0.4) is 0 Å². The monoisotopic (exact) mass is 294 g/mol. The van der Waals surface area contributed by atoms with E-state index in [-0.39, 0.29) is 11.5 Å². The van der Waals surface area contributed by atoms with Gasteiger partial charge in [-0.3, -0.25) is 4.90 Å². The van der Waals surface area contributed by atoms with Crippen molar-refractivity contribution in [2.45, 2.75) is 31.8 Å². The van der Waals surface area contributed by atoms with E-state index in [0.717, 1.165) is 18.8 Å². The van der Waals surface area contributed by atoms with Crippen LogP contribution in [0.5, 0.6) is 0 Å². The first kappa shape index (κ1) is 13.7. The van der Waals surface area contributed by atoms with Crippen molar-refractivity contribution in [3.8, 4) is 0 Å². The van der Waals surface area contributed by atoms with Crippen molar-refractivity contribution in [3.63, 3.8) is 0 Å². The summed E-state index contributed by atoms with van der Waals surface area (Å²) in [5.41, 5.74) is 1.60. The van der Waals surface area contributed by atoms with E-state index in [0.29, 0.717) is 11.6 Å². The van der Waals surface area contributed by atoms with Gasteiger partial charge < -0.3 is 10.1 Å². The number of hydrogen-bond acceptors (Lipinski definition) is 3. The van der Waals surface area contributed by atoms with E-state index in [2.05, 4.69) is 5.32 Å². The predicted octanol–water partition coefficient (Wildman–Crippen LogP) is 2.94. The van der Waals surface area contributed by atoms with Gasteiger partial charge in [-0.25, -0.2) is 4.79 Å². The number of ether oxygens (including phenoxy) is 1. The molecule has 0 aliphatic carbocycles. The Kier molecular flexibility index (Phi) is 2.99. The number of anilines is 1. The molecule has 0 atom stereocenters. The number of amides is 1. The van der Waals surface area contributed by atoms with Crippen LogP contribution in [0.25, 0.3) is 0 Å². The summed E-state index contributed by atoms with van der Waals surface area (Å²) in [4.78, 5) is 14.1. The van der Waals surface area contributed by atoms with E-state index in [1.54, 1.807) is 4.90 Å². The summed E-state index contributed by atoms with van der Waals surface area (Å²) >= 11 is 6.09. The largest absolute Gasteiger partial charge is 0.443 e. The Morgan fingerprint density at radius 1 is 1.40 bits per heavy atom. The van der Waals surface area contributed by atoms with Gasteiger partial charge >= 0.3 is 6.09 Å². The summed E-state index contributed by atoms with van der Waals surface area (Å²) in [6.07, 6.45) is -0.301. The maximum atomic E-state index is 12.4. The molecule has 4 nitrogen and oxygen atoms in total. The number of nitrogens with one attached hydrogen (secondary N) is 1. The molecule has 5 heteroatoms. The highest BCUT2D eigenvalue weighted by Gasteiger charge is 2.49. The number of benzene rings is 1. The molecule has 2 aliphatic heterocycles. The highest BCUT2D eigenvalue weighted by molar-refractivity contribution is 6.31. The fraction of sp³-hybridized carbons (Fsp3) is 0.533. The number of carbonyl (C=O) groups excluding carboxylic acids is 1. The summed E-state index contributed by atoms with van der Waals surface area (Å²) in [7, 11) is 0. The molecule has 0 bridgehead atoms. The van der Waals surface area contributed by atoms with Gasteiger partial charge in [0.1, 0.15) is 5.60 Å². The normalized spacial score (nSPS) is 19.7. The van der Waals surface area contributed by atoms with Crippen molar-refractivity contribution in [1.29, 1.82) is 0 Å². The zero-order chi connectivity index (χ0) is 14.5. The summed E-state index contributed by atoms with van der Waals surface area (Å²) in [6, 6.07) is 5.77. The van der Waals surface area contributed by atoms with Gasteiger partial charge in [0.25, 0.3) is 0 Å². The molecule has 0 saturated carbocycles. The van der Waals surface area contributed by atoms with Crippen molar-refractivity contribution in [1.82, 2.24) is 5.32 Å². The van der Waals surface area contributed by atoms with Gasteiger partial charge in [-0.1, -0.05) is 17.7 Å². The number of hydrogen-bond donors (Lipinski definition) is 1. The fourth-order valence-electron chi connectivity index (χ4n) is 2.86. The maximum absolute atomic E-state index is 12.4. The van der Waals surface area contributed by atoms with Crippen LogP contribution in [0.15, 0.2) is 18.2 Å². The molecule has 2 aliphatic rings. The molecule has 1 saturated heterocycles. The molecule has 20 heavy (non-hydrogen) atoms. The molecule has 1 N–H and O–H groups in total. The molecule has 1 fully saturated rings. The lowest BCUT2D eigenvalue weighted by Gasteiger charge is -2.39. The van der Waals surface area contributed by atoms with Crippen LogP contribution in [0.1, 0.15) is 26.3 Å². The second-order valence-corrected chi connectivity index (χ2v) is 7.05. The number of rotatable bonds is 0. The van der Waals surface area contributed by atoms with Crippen molar-refractivity contribution in [3.05, 3.63) is 28.8 Å². The number of fused-ring (bicyclic) bond motifs is 2. The zero-order valence-corrected chi connectivity index (χ0v) is 12.8. The molecule has 0 radical (unpaired) electrons. The Balaban J connectivity index is 1.95. The van der Waals surface area contributed by atoms with Gasteiger partial charge in [0, 0.05) is 30.1 Å². The second-order valence-electron chi connectivity index (χ2n) is 6.61. The first-order valence-corrected chi connectivity index (χ1v) is 7.20. The van der Waals surface area contributed by atoms with E-state index in [1.807, 2.05) is 39.0 Å². The summed E-state index contributed by atoms with van der Waals surface area (Å²) in [6.45, 7) is 8.06. The second kappa shape index (κ2) is 4.37. The molecule has 1 spiro atoms. The van der Waals surface area contributed by atoms with Gasteiger partial charge in [0.15, 0.2) is 0 Å². The number of carbonyl (C=O) groups is 1. The Bertz CT molecular complexity index is 561. The third kappa shape index (κ3) is 2.17. The topological polar surface area (TPSA) is 41.6 Å². The van der Waals surface area contributed by atoms with Crippen LogP contribution in [0.4, 0.5) is 10.5 Å². The molecular formula is C15H19ClN2O2. The zero-order valence-electron chi connectivity index (χ0n) is 12.0. The van der Waals surface area contributed by atoms with E-state index in [1.165, 1.54) is 5.56 Å². The third-order valence-corrected chi connectivity index (χ3v) is 4.06. The van der Waals surface area contributed by atoms with Gasteiger partial charge in [-0.15, -0.1) is 0 Å². The van der Waals surface area contributed by atoms with Crippen LogP contribution in [0.2, 0.25) is 5.02 Å². The molecule has 3 rings (SSSR count). The number of nitrogens with zero attached hydrogens (tertiary/aromatic N) is 1. The Morgan fingerprint density at radius 3 is 2.65 bits per heavy atom. The van der Waals surface area contributed by atoms with Crippen molar-refractivity contribution < 1.29 is 9.53 Å². The standard InChI is InChI=1S/C15H19ClN2O2/c1-14(2,3)20-13(19)18-9-15(7-17-8-15)11-5-4-10(16)6-12(11)18/h4-6,17H,7-9H2,1-3H3. The highest BCUT2D eigenvalue weighted by Crippen LogP contribution is 2.44. The molecule has 2 heterocycles. The minimum Gasteiger partial charge on any atom is -0.443 e. The minimum absolute atomic E-state index is 0.0246. The van der Waals surface area contributed by atoms with Crippen LogP contribution in [0, 0.1) is 0 Å². The predicted molar refractivity (Wildman–Crippen MR) is 79.6 cm³/mol. The van der Waals surface area contributed by atoms with E-state index in [9.17, 15) is 4.79 Å². The van der Waals surface area contributed by atoms with Crippen LogP contribution >= 0.6 is 11.6 Å². The van der Waals surface area contributed by atoms with Crippen molar-refractivity contribution >= 4 is 23.4 Å². The van der Waals surface area contributed by atoms with Crippen LogP contribution in [-0.4, -0.2) is 31.3 Å². The van der Waals surface area contributed by atoms with Gasteiger partial charge in [0.05, 0.1) is 5.69 Å². The van der Waals surface area contributed by atoms with E-state index in [4.69, 9.17) is 16.3 Å². The molecule has 1 amide bonds. The van der Waals surface area contributed by atoms with Gasteiger partial charge in [0.2, 0.25) is 0 Å². The lowest BCUT2D eigenvalue weighted by Crippen LogP contribution is -2.59. The van der Waals surface area contributed by atoms with Crippen LogP contribution in [-0.2, 0) is 10.2 Å². The smallest absolute Gasteiger partial charge is 0.414 e. The SMILES string of the molecule is CC(C)(C)OC(=O)N1CC2(CNC2)c2ccc(Cl)cc21. The molecule has 0 unspecified atom stereocenters. The first-order chi connectivity index (χ1) is 9.31. The van der Waals surface area contributed by atoms with E-state index >= 15 is 0 Å². The average Bonchev–Trinajstić information content (AvgIpc) is 2.60. The first-order valence-electron chi connectivity index (χ1n) is 6.82. The molecule has 1 aromatic carbocycles. The summed E-state index contributed by atoms with van der Waals surface area (Å²) < 4.78 is 5.50. The fourth-order valence-corrected chi connectivity index (χ4v) is 3.02. The molecular weight excluding hydrogens is 276 g/mol. The maximum Gasteiger partial charge on any atom is 0.414 e. The highest BCUT2D eigenvalue weighted by atomic mass is 35.5. The number of halogens is 1.